The number of nitrogen functional groups attached to an aromatic ring is 1. The van der Waals surface area contributed by atoms with Crippen LogP contribution in [0.1, 0.15) is 13.8 Å². The minimum absolute atomic E-state index is 0.397. The molecule has 21 heavy (non-hydrogen) atoms. The van der Waals surface area contributed by atoms with Gasteiger partial charge in [-0.05, 0) is 5.92 Å². The second kappa shape index (κ2) is 6.86. The van der Waals surface area contributed by atoms with Crippen molar-refractivity contribution in [2.45, 2.75) is 13.8 Å². The predicted molar refractivity (Wildman–Crippen MR) is 85.5 cm³/mol. The quantitative estimate of drug-likeness (QED) is 0.580. The molecule has 8 heteroatoms. The first-order valence-electron chi connectivity index (χ1n) is 7.37. The minimum atomic E-state index is 0.397. The SMILES string of the molecule is CC(C)CN1CCN(c2nc(NN)nc(N(C)C)n2)CC1. The van der Waals surface area contributed by atoms with E-state index in [1.54, 1.807) is 0 Å². The van der Waals surface area contributed by atoms with Crippen molar-refractivity contribution in [1.82, 2.24) is 19.9 Å². The summed E-state index contributed by atoms with van der Waals surface area (Å²) in [6, 6.07) is 0. The lowest BCUT2D eigenvalue weighted by Crippen LogP contribution is -2.48. The van der Waals surface area contributed by atoms with Crippen LogP contribution in [0.4, 0.5) is 17.8 Å². The second-order valence-electron chi connectivity index (χ2n) is 5.98. The molecule has 0 amide bonds. The number of anilines is 3. The second-order valence-corrected chi connectivity index (χ2v) is 5.98. The van der Waals surface area contributed by atoms with Crippen molar-refractivity contribution in [3.05, 3.63) is 0 Å². The summed E-state index contributed by atoms with van der Waals surface area (Å²) in [6.45, 7) is 9.56. The van der Waals surface area contributed by atoms with Gasteiger partial charge in [0.2, 0.25) is 17.8 Å². The highest BCUT2D eigenvalue weighted by Crippen LogP contribution is 2.16. The summed E-state index contributed by atoms with van der Waals surface area (Å²) in [5.41, 5.74) is 2.51. The van der Waals surface area contributed by atoms with Gasteiger partial charge in [0.05, 0.1) is 0 Å². The highest BCUT2D eigenvalue weighted by Gasteiger charge is 2.21. The summed E-state index contributed by atoms with van der Waals surface area (Å²) in [5.74, 6) is 7.83. The number of aromatic nitrogens is 3. The molecule has 0 radical (unpaired) electrons. The molecule has 2 rings (SSSR count). The van der Waals surface area contributed by atoms with Gasteiger partial charge >= 0.3 is 0 Å². The predicted octanol–water partition coefficient (Wildman–Crippen LogP) is 0.00120. The normalized spacial score (nSPS) is 16.4. The number of rotatable bonds is 5. The Bertz CT molecular complexity index is 453. The van der Waals surface area contributed by atoms with Gasteiger partial charge in [0.15, 0.2) is 0 Å². The van der Waals surface area contributed by atoms with Gasteiger partial charge in [-0.1, -0.05) is 13.8 Å². The average molecular weight is 294 g/mol. The van der Waals surface area contributed by atoms with Gasteiger partial charge in [-0.2, -0.15) is 15.0 Å². The van der Waals surface area contributed by atoms with E-state index in [1.165, 1.54) is 0 Å². The zero-order valence-corrected chi connectivity index (χ0v) is 13.4. The third-order valence-corrected chi connectivity index (χ3v) is 3.42. The van der Waals surface area contributed by atoms with Crippen LogP contribution < -0.4 is 21.1 Å². The van der Waals surface area contributed by atoms with Crippen LogP contribution in [0, 0.1) is 5.92 Å². The van der Waals surface area contributed by atoms with E-state index in [9.17, 15) is 0 Å². The van der Waals surface area contributed by atoms with Crippen molar-refractivity contribution >= 4 is 17.8 Å². The van der Waals surface area contributed by atoms with Gasteiger partial charge in [-0.3, -0.25) is 10.3 Å². The number of nitrogens with one attached hydrogen (secondary N) is 1. The Balaban J connectivity index is 2.07. The Morgan fingerprint density at radius 1 is 1.14 bits per heavy atom. The molecule has 0 aliphatic carbocycles. The molecule has 2 heterocycles. The van der Waals surface area contributed by atoms with Crippen LogP contribution in [-0.4, -0.2) is 66.7 Å². The smallest absolute Gasteiger partial charge is 0.243 e. The summed E-state index contributed by atoms with van der Waals surface area (Å²) >= 11 is 0. The van der Waals surface area contributed by atoms with Crippen LogP contribution in [0.15, 0.2) is 0 Å². The van der Waals surface area contributed by atoms with E-state index in [2.05, 4.69) is 44.0 Å². The van der Waals surface area contributed by atoms with Crippen LogP contribution in [-0.2, 0) is 0 Å². The summed E-state index contributed by atoms with van der Waals surface area (Å²) < 4.78 is 0. The third kappa shape index (κ3) is 4.15. The molecular formula is C13H26N8. The van der Waals surface area contributed by atoms with Gasteiger partial charge in [0, 0.05) is 46.8 Å². The number of nitrogens with two attached hydrogens (primary N) is 1. The van der Waals surface area contributed by atoms with Crippen molar-refractivity contribution in [1.29, 1.82) is 0 Å². The van der Waals surface area contributed by atoms with Crippen LogP contribution >= 0.6 is 0 Å². The number of hydrogen-bond donors (Lipinski definition) is 2. The highest BCUT2D eigenvalue weighted by atomic mass is 15.4. The van der Waals surface area contributed by atoms with E-state index in [4.69, 9.17) is 5.84 Å². The van der Waals surface area contributed by atoms with E-state index >= 15 is 0 Å². The van der Waals surface area contributed by atoms with Gasteiger partial charge in [-0.15, -0.1) is 0 Å². The highest BCUT2D eigenvalue weighted by molar-refractivity contribution is 5.44. The summed E-state index contributed by atoms with van der Waals surface area (Å²) in [7, 11) is 3.81. The molecular weight excluding hydrogens is 268 g/mol. The van der Waals surface area contributed by atoms with E-state index < -0.39 is 0 Å². The molecule has 0 spiro atoms. The Morgan fingerprint density at radius 3 is 2.33 bits per heavy atom. The van der Waals surface area contributed by atoms with Crippen LogP contribution in [0.5, 0.6) is 0 Å². The summed E-state index contributed by atoms with van der Waals surface area (Å²) in [4.78, 5) is 19.6. The molecule has 8 nitrogen and oxygen atoms in total. The number of hydrazine groups is 1. The van der Waals surface area contributed by atoms with Gasteiger partial charge < -0.3 is 9.80 Å². The average Bonchev–Trinajstić information content (AvgIpc) is 2.46. The first kappa shape index (κ1) is 15.7. The van der Waals surface area contributed by atoms with Crippen LogP contribution in [0.25, 0.3) is 0 Å². The summed E-state index contributed by atoms with van der Waals surface area (Å²) in [6.07, 6.45) is 0. The fourth-order valence-corrected chi connectivity index (χ4v) is 2.41. The Kier molecular flexibility index (Phi) is 5.13. The molecule has 1 fully saturated rings. The molecule has 0 saturated carbocycles. The first-order valence-corrected chi connectivity index (χ1v) is 7.37. The third-order valence-electron chi connectivity index (χ3n) is 3.42. The molecule has 1 aliphatic heterocycles. The standard InChI is InChI=1S/C13H26N8/c1-10(2)9-20-5-7-21(8-6-20)13-16-11(18-14)15-12(17-13)19(3)4/h10H,5-9,14H2,1-4H3,(H,15,16,17,18). The maximum atomic E-state index is 5.45. The number of nitrogens with zero attached hydrogens (tertiary/aromatic N) is 6. The zero-order valence-electron chi connectivity index (χ0n) is 13.4. The first-order chi connectivity index (χ1) is 9.99. The molecule has 1 saturated heterocycles. The van der Waals surface area contributed by atoms with E-state index in [0.29, 0.717) is 23.8 Å². The molecule has 1 aliphatic rings. The van der Waals surface area contributed by atoms with Crippen molar-refractivity contribution in [3.63, 3.8) is 0 Å². The summed E-state index contributed by atoms with van der Waals surface area (Å²) in [5, 5.41) is 0. The van der Waals surface area contributed by atoms with E-state index in [0.717, 1.165) is 32.7 Å². The lowest BCUT2D eigenvalue weighted by Gasteiger charge is -2.35. The van der Waals surface area contributed by atoms with Crippen LogP contribution in [0.3, 0.4) is 0 Å². The molecule has 118 valence electrons. The Labute approximate surface area is 126 Å². The lowest BCUT2D eigenvalue weighted by atomic mass is 10.2. The number of piperazine rings is 1. The lowest BCUT2D eigenvalue weighted by molar-refractivity contribution is 0.230. The molecule has 3 N–H and O–H groups in total. The largest absolute Gasteiger partial charge is 0.347 e. The van der Waals surface area contributed by atoms with Crippen molar-refractivity contribution in [2.75, 3.05) is 62.0 Å². The molecule has 0 atom stereocenters. The number of hydrogen-bond acceptors (Lipinski definition) is 8. The Hall–Kier alpha value is -1.67. The van der Waals surface area contributed by atoms with Crippen molar-refractivity contribution in [2.24, 2.45) is 11.8 Å². The van der Waals surface area contributed by atoms with Crippen molar-refractivity contribution < 1.29 is 0 Å². The fraction of sp³-hybridized carbons (Fsp3) is 0.769. The maximum Gasteiger partial charge on any atom is 0.243 e. The minimum Gasteiger partial charge on any atom is -0.347 e. The van der Waals surface area contributed by atoms with Crippen molar-refractivity contribution in [3.8, 4) is 0 Å². The van der Waals surface area contributed by atoms with Gasteiger partial charge in [-0.25, -0.2) is 5.84 Å². The van der Waals surface area contributed by atoms with E-state index in [-0.39, 0.29) is 0 Å². The molecule has 0 unspecified atom stereocenters. The van der Waals surface area contributed by atoms with Gasteiger partial charge in [0.1, 0.15) is 0 Å². The van der Waals surface area contributed by atoms with Crippen LogP contribution in [0.2, 0.25) is 0 Å². The zero-order chi connectivity index (χ0) is 15.4. The monoisotopic (exact) mass is 294 g/mol. The topological polar surface area (TPSA) is 86.4 Å². The fourth-order valence-electron chi connectivity index (χ4n) is 2.41. The molecule has 1 aromatic rings. The molecule has 0 aromatic carbocycles. The molecule has 1 aromatic heterocycles. The van der Waals surface area contributed by atoms with E-state index in [1.807, 2.05) is 19.0 Å². The Morgan fingerprint density at radius 2 is 1.81 bits per heavy atom. The molecule has 0 bridgehead atoms. The van der Waals surface area contributed by atoms with Gasteiger partial charge in [0.25, 0.3) is 0 Å². The maximum absolute atomic E-state index is 5.45.